The van der Waals surface area contributed by atoms with Crippen molar-refractivity contribution >= 4 is 23.5 Å². The van der Waals surface area contributed by atoms with Crippen LogP contribution in [-0.2, 0) is 14.3 Å². The van der Waals surface area contributed by atoms with Crippen LogP contribution in [0, 0.1) is 5.82 Å². The zero-order valence-electron chi connectivity index (χ0n) is 18.4. The van der Waals surface area contributed by atoms with E-state index in [-0.39, 0.29) is 48.7 Å². The fraction of sp³-hybridized carbons (Fsp3) is 0.375. The Kier molecular flexibility index (Phi) is 6.60. The van der Waals surface area contributed by atoms with Crippen LogP contribution in [0.5, 0.6) is 5.75 Å². The Morgan fingerprint density at radius 2 is 2.03 bits per heavy atom. The van der Waals surface area contributed by atoms with Gasteiger partial charge in [-0.1, -0.05) is 6.07 Å². The predicted octanol–water partition coefficient (Wildman–Crippen LogP) is 3.02. The van der Waals surface area contributed by atoms with E-state index in [2.05, 4.69) is 5.32 Å². The van der Waals surface area contributed by atoms with Crippen molar-refractivity contribution in [3.05, 3.63) is 59.4 Å². The van der Waals surface area contributed by atoms with Gasteiger partial charge in [0.2, 0.25) is 0 Å². The standard InChI is InChI=1S/C24H25FN2O6/c1-27-19-8-7-17(12-22(28)31-2)33-21(19)13-32-20-9-6-16(11-18(20)24(27)30)26-23(29)14-4-3-5-15(25)10-14/h3-6,9-11,17,19,21H,7-8,12-13H2,1-2H3,(H,26,29)/t17-,19-,21-/m0/s1. The Morgan fingerprint density at radius 1 is 1.21 bits per heavy atom. The number of fused-ring (bicyclic) bond motifs is 2. The van der Waals surface area contributed by atoms with E-state index in [4.69, 9.17) is 14.2 Å². The lowest BCUT2D eigenvalue weighted by molar-refractivity contribution is -0.151. The third-order valence-electron chi connectivity index (χ3n) is 5.98. The molecule has 2 aliphatic rings. The van der Waals surface area contributed by atoms with Gasteiger partial charge < -0.3 is 24.4 Å². The second-order valence-electron chi connectivity index (χ2n) is 8.12. The topological polar surface area (TPSA) is 94.2 Å². The number of amides is 2. The van der Waals surface area contributed by atoms with Crippen molar-refractivity contribution in [2.75, 3.05) is 26.1 Å². The molecule has 33 heavy (non-hydrogen) atoms. The number of methoxy groups -OCH3 is 1. The SMILES string of the molecule is COC(=O)C[C@@H]1CC[C@H]2[C@H](COc3ccc(NC(=O)c4cccc(F)c4)cc3C(=O)N2C)O1. The molecule has 2 heterocycles. The van der Waals surface area contributed by atoms with Crippen LogP contribution in [-0.4, -0.2) is 61.7 Å². The molecule has 0 unspecified atom stereocenters. The number of hydrogen-bond acceptors (Lipinski definition) is 6. The summed E-state index contributed by atoms with van der Waals surface area (Å²) in [6, 6.07) is 9.91. The van der Waals surface area contributed by atoms with E-state index >= 15 is 0 Å². The molecule has 174 valence electrons. The third-order valence-corrected chi connectivity index (χ3v) is 5.98. The summed E-state index contributed by atoms with van der Waals surface area (Å²) in [7, 11) is 3.04. The van der Waals surface area contributed by atoms with Crippen LogP contribution >= 0.6 is 0 Å². The summed E-state index contributed by atoms with van der Waals surface area (Å²) >= 11 is 0. The average Bonchev–Trinajstić information content (AvgIpc) is 2.81. The molecule has 1 fully saturated rings. The summed E-state index contributed by atoms with van der Waals surface area (Å²) in [5.74, 6) is -1.24. The highest BCUT2D eigenvalue weighted by atomic mass is 19.1. The first kappa shape index (κ1) is 22.7. The van der Waals surface area contributed by atoms with Crippen molar-refractivity contribution in [2.24, 2.45) is 0 Å². The maximum atomic E-state index is 13.4. The van der Waals surface area contributed by atoms with Gasteiger partial charge in [0.15, 0.2) is 0 Å². The summed E-state index contributed by atoms with van der Waals surface area (Å²) in [6.07, 6.45) is 0.753. The van der Waals surface area contributed by atoms with Gasteiger partial charge in [-0.05, 0) is 49.2 Å². The van der Waals surface area contributed by atoms with Crippen molar-refractivity contribution in [1.82, 2.24) is 4.90 Å². The molecule has 0 spiro atoms. The fourth-order valence-corrected chi connectivity index (χ4v) is 4.21. The summed E-state index contributed by atoms with van der Waals surface area (Å²) < 4.78 is 30.1. The molecule has 0 radical (unpaired) electrons. The maximum Gasteiger partial charge on any atom is 0.308 e. The number of carbonyl (C=O) groups excluding carboxylic acids is 3. The molecule has 1 saturated heterocycles. The van der Waals surface area contributed by atoms with Gasteiger partial charge >= 0.3 is 5.97 Å². The van der Waals surface area contributed by atoms with Gasteiger partial charge in [-0.25, -0.2) is 4.39 Å². The lowest BCUT2D eigenvalue weighted by Gasteiger charge is -2.42. The quantitative estimate of drug-likeness (QED) is 0.711. The van der Waals surface area contributed by atoms with Gasteiger partial charge in [-0.2, -0.15) is 0 Å². The highest BCUT2D eigenvalue weighted by molar-refractivity contribution is 6.05. The van der Waals surface area contributed by atoms with Crippen LogP contribution in [0.3, 0.4) is 0 Å². The van der Waals surface area contributed by atoms with E-state index in [1.807, 2.05) is 0 Å². The second-order valence-corrected chi connectivity index (χ2v) is 8.12. The molecule has 4 rings (SSSR count). The zero-order valence-corrected chi connectivity index (χ0v) is 18.4. The molecular formula is C24H25FN2O6. The number of likely N-dealkylation sites (N-methyl/N-ethyl adjacent to an activating group) is 1. The van der Waals surface area contributed by atoms with Gasteiger partial charge in [-0.15, -0.1) is 0 Å². The first-order valence-corrected chi connectivity index (χ1v) is 10.7. The molecule has 3 atom stereocenters. The van der Waals surface area contributed by atoms with Crippen LogP contribution in [0.4, 0.5) is 10.1 Å². The summed E-state index contributed by atoms with van der Waals surface area (Å²) in [4.78, 5) is 39.0. The second kappa shape index (κ2) is 9.58. The van der Waals surface area contributed by atoms with Crippen molar-refractivity contribution in [3.63, 3.8) is 0 Å². The number of ether oxygens (including phenoxy) is 3. The molecule has 2 aromatic carbocycles. The molecule has 2 amide bonds. The summed E-state index contributed by atoms with van der Waals surface area (Å²) in [6.45, 7) is 0.210. The molecule has 0 saturated carbocycles. The Morgan fingerprint density at radius 3 is 2.79 bits per heavy atom. The minimum atomic E-state index is -0.510. The molecule has 0 aliphatic carbocycles. The number of hydrogen-bond donors (Lipinski definition) is 1. The fourth-order valence-electron chi connectivity index (χ4n) is 4.21. The lowest BCUT2D eigenvalue weighted by Crippen LogP contribution is -2.53. The Bertz CT molecular complexity index is 1070. The van der Waals surface area contributed by atoms with Crippen molar-refractivity contribution in [1.29, 1.82) is 0 Å². The van der Waals surface area contributed by atoms with Crippen molar-refractivity contribution in [3.8, 4) is 5.75 Å². The molecule has 8 nitrogen and oxygen atoms in total. The number of nitrogens with one attached hydrogen (secondary N) is 1. The van der Waals surface area contributed by atoms with E-state index in [1.54, 1.807) is 30.1 Å². The number of carbonyl (C=O) groups is 3. The number of nitrogens with zero attached hydrogens (tertiary/aromatic N) is 1. The summed E-state index contributed by atoms with van der Waals surface area (Å²) in [5.41, 5.74) is 0.873. The first-order chi connectivity index (χ1) is 15.9. The maximum absolute atomic E-state index is 13.4. The first-order valence-electron chi connectivity index (χ1n) is 10.7. The molecule has 2 aromatic rings. The number of halogens is 1. The summed E-state index contributed by atoms with van der Waals surface area (Å²) in [5, 5.41) is 2.69. The molecule has 0 bridgehead atoms. The van der Waals surface area contributed by atoms with Crippen LogP contribution in [0.2, 0.25) is 0 Å². The number of anilines is 1. The largest absolute Gasteiger partial charge is 0.490 e. The third kappa shape index (κ3) is 4.98. The van der Waals surface area contributed by atoms with Gasteiger partial charge in [0.1, 0.15) is 24.3 Å². The molecule has 1 N–H and O–H groups in total. The van der Waals surface area contributed by atoms with E-state index < -0.39 is 11.7 Å². The van der Waals surface area contributed by atoms with E-state index in [0.29, 0.717) is 29.8 Å². The highest BCUT2D eigenvalue weighted by Gasteiger charge is 2.39. The van der Waals surface area contributed by atoms with Crippen LogP contribution in [0.1, 0.15) is 40.0 Å². The Hall–Kier alpha value is -3.46. The number of rotatable bonds is 4. The van der Waals surface area contributed by atoms with Crippen molar-refractivity contribution in [2.45, 2.75) is 37.5 Å². The molecule has 2 aliphatic heterocycles. The zero-order chi connectivity index (χ0) is 23.5. The van der Waals surface area contributed by atoms with Crippen LogP contribution < -0.4 is 10.1 Å². The number of esters is 1. The predicted molar refractivity (Wildman–Crippen MR) is 117 cm³/mol. The van der Waals surface area contributed by atoms with Crippen molar-refractivity contribution < 1.29 is 33.0 Å². The van der Waals surface area contributed by atoms with Crippen LogP contribution in [0.15, 0.2) is 42.5 Å². The minimum Gasteiger partial charge on any atom is -0.490 e. The van der Waals surface area contributed by atoms with Gasteiger partial charge in [0.05, 0.1) is 31.2 Å². The average molecular weight is 456 g/mol. The normalized spacial score (nSPS) is 22.2. The molecule has 9 heteroatoms. The number of benzene rings is 2. The minimum absolute atomic E-state index is 0.155. The highest BCUT2D eigenvalue weighted by Crippen LogP contribution is 2.32. The molecule has 0 aromatic heterocycles. The monoisotopic (exact) mass is 456 g/mol. The van der Waals surface area contributed by atoms with E-state index in [9.17, 15) is 18.8 Å². The Balaban J connectivity index is 1.52. The smallest absolute Gasteiger partial charge is 0.308 e. The molecular weight excluding hydrogens is 431 g/mol. The van der Waals surface area contributed by atoms with E-state index in [1.165, 1.54) is 25.3 Å². The van der Waals surface area contributed by atoms with Crippen LogP contribution in [0.25, 0.3) is 0 Å². The Labute approximate surface area is 190 Å². The van der Waals surface area contributed by atoms with Gasteiger partial charge in [0.25, 0.3) is 11.8 Å². The lowest BCUT2D eigenvalue weighted by atomic mass is 9.94. The van der Waals surface area contributed by atoms with Gasteiger partial charge in [0, 0.05) is 18.3 Å². The van der Waals surface area contributed by atoms with Gasteiger partial charge in [-0.3, -0.25) is 14.4 Å². The van der Waals surface area contributed by atoms with E-state index in [0.717, 1.165) is 6.07 Å².